The number of ketones is 1. The Labute approximate surface area is 74.5 Å². The quantitative estimate of drug-likeness (QED) is 0.537. The van der Waals surface area contributed by atoms with Crippen LogP contribution in [0.25, 0.3) is 0 Å². The van der Waals surface area contributed by atoms with Crippen LogP contribution in [0.3, 0.4) is 0 Å². The maximum Gasteiger partial charge on any atom is 0.178 e. The molecule has 12 heavy (non-hydrogen) atoms. The van der Waals surface area contributed by atoms with Gasteiger partial charge in [-0.05, 0) is 31.6 Å². The summed E-state index contributed by atoms with van der Waals surface area (Å²) >= 11 is 0. The molecule has 0 saturated heterocycles. The molecule has 0 aromatic rings. The van der Waals surface area contributed by atoms with Gasteiger partial charge in [0.1, 0.15) is 0 Å². The van der Waals surface area contributed by atoms with Crippen molar-refractivity contribution in [1.29, 1.82) is 0 Å². The minimum Gasteiger partial charge on any atom is -0.290 e. The van der Waals surface area contributed by atoms with Gasteiger partial charge in [0, 0.05) is 0 Å². The van der Waals surface area contributed by atoms with E-state index in [1.165, 1.54) is 5.57 Å². The Bertz CT molecular complexity index is 220. The third kappa shape index (κ3) is 3.33. The van der Waals surface area contributed by atoms with E-state index < -0.39 is 0 Å². The summed E-state index contributed by atoms with van der Waals surface area (Å²) in [6.07, 6.45) is 6.86. The number of rotatable bonds is 0. The topological polar surface area (TPSA) is 17.1 Å². The van der Waals surface area contributed by atoms with Crippen LogP contribution < -0.4 is 0 Å². The molecule has 0 bridgehead atoms. The molecule has 0 saturated carbocycles. The van der Waals surface area contributed by atoms with Gasteiger partial charge in [0.25, 0.3) is 0 Å². The van der Waals surface area contributed by atoms with Gasteiger partial charge in [-0.1, -0.05) is 31.6 Å². The molecule has 0 heterocycles. The normalized spacial score (nSPS) is 14.0. The van der Waals surface area contributed by atoms with E-state index in [2.05, 4.69) is 0 Å². The van der Waals surface area contributed by atoms with Crippen LogP contribution in [0.1, 0.15) is 27.7 Å². The van der Waals surface area contributed by atoms with Crippen molar-refractivity contribution in [2.75, 3.05) is 0 Å². The highest BCUT2D eigenvalue weighted by molar-refractivity contribution is 6.01. The summed E-state index contributed by atoms with van der Waals surface area (Å²) in [5, 5.41) is 0. The minimum absolute atomic E-state index is 0.0741. The van der Waals surface area contributed by atoms with Gasteiger partial charge in [0.05, 0.1) is 0 Å². The molecule has 0 unspecified atom stereocenters. The molecular formula is C11H16O. The van der Waals surface area contributed by atoms with Crippen LogP contribution in [0.5, 0.6) is 0 Å². The van der Waals surface area contributed by atoms with Gasteiger partial charge in [0.15, 0.2) is 5.78 Å². The van der Waals surface area contributed by atoms with Gasteiger partial charge < -0.3 is 0 Å². The average molecular weight is 164 g/mol. The zero-order chi connectivity index (χ0) is 9.56. The maximum atomic E-state index is 10.6. The van der Waals surface area contributed by atoms with Gasteiger partial charge in [-0.2, -0.15) is 0 Å². The Balaban J connectivity index is 0.000000561. The zero-order valence-corrected chi connectivity index (χ0v) is 8.22. The van der Waals surface area contributed by atoms with Gasteiger partial charge >= 0.3 is 0 Å². The van der Waals surface area contributed by atoms with Crippen molar-refractivity contribution in [2.24, 2.45) is 0 Å². The second-order valence-corrected chi connectivity index (χ2v) is 2.52. The molecule has 1 rings (SSSR count). The highest BCUT2D eigenvalue weighted by atomic mass is 16.1. The van der Waals surface area contributed by atoms with Crippen molar-refractivity contribution in [2.45, 2.75) is 27.7 Å². The summed E-state index contributed by atoms with van der Waals surface area (Å²) in [4.78, 5) is 10.6. The average Bonchev–Trinajstić information content (AvgIpc) is 2.09. The van der Waals surface area contributed by atoms with Gasteiger partial charge in [-0.15, -0.1) is 0 Å². The number of allylic oxidation sites excluding steroid dienone is 6. The lowest BCUT2D eigenvalue weighted by molar-refractivity contribution is -0.110. The second kappa shape index (κ2) is 5.53. The van der Waals surface area contributed by atoms with Crippen molar-refractivity contribution < 1.29 is 4.79 Å². The Hall–Kier alpha value is -1.11. The van der Waals surface area contributed by atoms with Crippen LogP contribution in [-0.2, 0) is 4.79 Å². The van der Waals surface area contributed by atoms with Gasteiger partial charge in [-0.25, -0.2) is 0 Å². The molecule has 0 aliphatic heterocycles. The lowest BCUT2D eigenvalue weighted by Gasteiger charge is -2.00. The van der Waals surface area contributed by atoms with Crippen LogP contribution in [0, 0.1) is 0 Å². The van der Waals surface area contributed by atoms with Crippen molar-refractivity contribution >= 4 is 5.78 Å². The lowest BCUT2D eigenvalue weighted by Crippen LogP contribution is -1.92. The third-order valence-electron chi connectivity index (χ3n) is 1.43. The fourth-order valence-electron chi connectivity index (χ4n) is 0.788. The van der Waals surface area contributed by atoms with Crippen LogP contribution in [-0.4, -0.2) is 5.78 Å². The standard InChI is InChI=1S/C9H10O.C2H6/c1-7(2)8-3-5-9(10)6-4-8;1-2/h3-6H,1-2H3;1-2H3. The molecule has 0 amide bonds. The summed E-state index contributed by atoms with van der Waals surface area (Å²) in [5.41, 5.74) is 2.37. The number of hydrogen-bond acceptors (Lipinski definition) is 1. The van der Waals surface area contributed by atoms with E-state index in [1.54, 1.807) is 12.2 Å². The number of carbonyl (C=O) groups excluding carboxylic acids is 1. The monoisotopic (exact) mass is 164 g/mol. The smallest absolute Gasteiger partial charge is 0.178 e. The first kappa shape index (κ1) is 10.9. The molecule has 0 atom stereocenters. The van der Waals surface area contributed by atoms with Crippen LogP contribution >= 0.6 is 0 Å². The molecular weight excluding hydrogens is 148 g/mol. The molecule has 0 fully saturated rings. The van der Waals surface area contributed by atoms with Crippen LogP contribution in [0.2, 0.25) is 0 Å². The van der Waals surface area contributed by atoms with E-state index in [9.17, 15) is 4.79 Å². The Kier molecular flexibility index (Phi) is 5.02. The fourth-order valence-corrected chi connectivity index (χ4v) is 0.788. The van der Waals surface area contributed by atoms with Crippen molar-refractivity contribution in [3.8, 4) is 0 Å². The second-order valence-electron chi connectivity index (χ2n) is 2.52. The Morgan fingerprint density at radius 2 is 1.42 bits per heavy atom. The summed E-state index contributed by atoms with van der Waals surface area (Å²) in [7, 11) is 0. The predicted octanol–water partition coefficient (Wildman–Crippen LogP) is 3.04. The highest BCUT2D eigenvalue weighted by Gasteiger charge is 1.98. The van der Waals surface area contributed by atoms with Crippen molar-refractivity contribution in [3.63, 3.8) is 0 Å². The molecule has 1 aliphatic rings. The van der Waals surface area contributed by atoms with Crippen molar-refractivity contribution in [3.05, 3.63) is 35.5 Å². The lowest BCUT2D eigenvalue weighted by atomic mass is 10.1. The van der Waals surface area contributed by atoms with Crippen LogP contribution in [0.15, 0.2) is 35.5 Å². The Morgan fingerprint density at radius 3 is 1.75 bits per heavy atom. The first-order valence-electron chi connectivity index (χ1n) is 4.28. The van der Waals surface area contributed by atoms with E-state index in [1.807, 2.05) is 39.8 Å². The molecule has 0 aromatic heterocycles. The predicted molar refractivity (Wildman–Crippen MR) is 53.0 cm³/mol. The first-order valence-corrected chi connectivity index (χ1v) is 4.28. The molecule has 0 aromatic carbocycles. The van der Waals surface area contributed by atoms with Crippen LogP contribution in [0.4, 0.5) is 0 Å². The minimum atomic E-state index is 0.0741. The largest absolute Gasteiger partial charge is 0.290 e. The summed E-state index contributed by atoms with van der Waals surface area (Å²) in [6.45, 7) is 8.06. The molecule has 0 spiro atoms. The molecule has 0 radical (unpaired) electrons. The molecule has 1 heteroatoms. The SMILES string of the molecule is CC.CC(C)=C1C=CC(=O)C=C1. The van der Waals surface area contributed by atoms with Gasteiger partial charge in [0.2, 0.25) is 0 Å². The van der Waals surface area contributed by atoms with E-state index in [0.29, 0.717) is 0 Å². The number of hydrogen-bond donors (Lipinski definition) is 0. The molecule has 1 nitrogen and oxygen atoms in total. The van der Waals surface area contributed by atoms with E-state index in [-0.39, 0.29) is 5.78 Å². The molecule has 66 valence electrons. The number of carbonyl (C=O) groups is 1. The van der Waals surface area contributed by atoms with Gasteiger partial charge in [-0.3, -0.25) is 4.79 Å². The first-order chi connectivity index (χ1) is 5.70. The van der Waals surface area contributed by atoms with Crippen molar-refractivity contribution in [1.82, 2.24) is 0 Å². The van der Waals surface area contributed by atoms with E-state index in [0.717, 1.165) is 5.57 Å². The van der Waals surface area contributed by atoms with E-state index >= 15 is 0 Å². The summed E-state index contributed by atoms with van der Waals surface area (Å²) < 4.78 is 0. The fraction of sp³-hybridized carbons (Fsp3) is 0.364. The Morgan fingerprint density at radius 1 is 1.00 bits per heavy atom. The molecule has 0 N–H and O–H groups in total. The third-order valence-corrected chi connectivity index (χ3v) is 1.43. The summed E-state index contributed by atoms with van der Waals surface area (Å²) in [5.74, 6) is 0.0741. The zero-order valence-electron chi connectivity index (χ0n) is 8.22. The van der Waals surface area contributed by atoms with E-state index in [4.69, 9.17) is 0 Å². The highest BCUT2D eigenvalue weighted by Crippen LogP contribution is 2.10. The summed E-state index contributed by atoms with van der Waals surface area (Å²) in [6, 6.07) is 0. The molecule has 1 aliphatic carbocycles. The maximum absolute atomic E-state index is 10.6.